The van der Waals surface area contributed by atoms with Gasteiger partial charge in [-0.3, -0.25) is 0 Å². The van der Waals surface area contributed by atoms with Gasteiger partial charge < -0.3 is 5.41 Å². The summed E-state index contributed by atoms with van der Waals surface area (Å²) in [5.41, 5.74) is 1.10. The van der Waals surface area contributed by atoms with Crippen molar-refractivity contribution in [2.75, 3.05) is 0 Å². The van der Waals surface area contributed by atoms with Gasteiger partial charge in [0.05, 0.1) is 36.4 Å². The lowest BCUT2D eigenvalue weighted by Crippen LogP contribution is -2.01. The van der Waals surface area contributed by atoms with Crippen LogP contribution in [-0.4, -0.2) is 6.21 Å². The van der Waals surface area contributed by atoms with Gasteiger partial charge in [0.15, 0.2) is 0 Å². The molecule has 1 atom stereocenters. The average molecular weight is 326 g/mol. The van der Waals surface area contributed by atoms with Gasteiger partial charge in [0, 0.05) is 11.8 Å². The molecule has 0 fully saturated rings. The van der Waals surface area contributed by atoms with Crippen molar-refractivity contribution in [3.63, 3.8) is 0 Å². The van der Waals surface area contributed by atoms with E-state index in [0.717, 1.165) is 6.21 Å². The second-order valence-corrected chi connectivity index (χ2v) is 4.62. The lowest BCUT2D eigenvalue weighted by molar-refractivity contribution is 1.04. The van der Waals surface area contributed by atoms with Crippen LogP contribution in [0.25, 0.3) is 4.85 Å². The van der Waals surface area contributed by atoms with Crippen molar-refractivity contribution in [2.24, 2.45) is 5.92 Å². The molecule has 1 N–H and O–H groups in total. The molecule has 0 amide bonds. The van der Waals surface area contributed by atoms with Gasteiger partial charge >= 0.3 is 0 Å². The van der Waals surface area contributed by atoms with Crippen LogP contribution in [0.3, 0.4) is 0 Å². The van der Waals surface area contributed by atoms with E-state index in [2.05, 4.69) is 4.85 Å². The number of nitrogens with zero attached hydrogens (tertiary/aromatic N) is 5. The highest BCUT2D eigenvalue weighted by Crippen LogP contribution is 2.15. The van der Waals surface area contributed by atoms with E-state index in [9.17, 15) is 0 Å². The summed E-state index contributed by atoms with van der Waals surface area (Å²) in [6.07, 6.45) is 8.61. The van der Waals surface area contributed by atoms with Crippen molar-refractivity contribution in [3.05, 3.63) is 69.8 Å². The van der Waals surface area contributed by atoms with Crippen LogP contribution in [0.5, 0.6) is 0 Å². The molecule has 0 spiro atoms. The minimum Gasteiger partial charge on any atom is -0.311 e. The Kier molecular flexibility index (Phi) is 9.49. The second-order valence-electron chi connectivity index (χ2n) is 4.62. The van der Waals surface area contributed by atoms with Gasteiger partial charge in [0.1, 0.15) is 5.92 Å². The monoisotopic (exact) mass is 326 g/mol. The number of hydrogen-bond donors (Lipinski definition) is 1. The number of hydrogen-bond acceptors (Lipinski definition) is 5. The van der Waals surface area contributed by atoms with Gasteiger partial charge in [-0.05, 0) is 37.1 Å². The highest BCUT2D eigenvalue weighted by Gasteiger charge is 2.09. The van der Waals surface area contributed by atoms with Gasteiger partial charge in [0.2, 0.25) is 0 Å². The number of nitriles is 4. The smallest absolute Gasteiger partial charge is 0.266 e. The lowest BCUT2D eigenvalue weighted by atomic mass is 9.98. The van der Waals surface area contributed by atoms with Crippen molar-refractivity contribution in [2.45, 2.75) is 13.8 Å². The molecule has 0 aromatic rings. The quantitative estimate of drug-likeness (QED) is 0.344. The van der Waals surface area contributed by atoms with Crippen molar-refractivity contribution >= 4 is 6.21 Å². The summed E-state index contributed by atoms with van der Waals surface area (Å²) in [7, 11) is 0. The predicted molar refractivity (Wildman–Crippen MR) is 93.1 cm³/mol. The molecule has 6 heteroatoms. The molecular formula is C19H14N6. The third-order valence-electron chi connectivity index (χ3n) is 3.16. The normalized spacial score (nSPS) is 14.2. The van der Waals surface area contributed by atoms with Crippen molar-refractivity contribution < 1.29 is 0 Å². The molecule has 0 bridgehead atoms. The molecule has 0 aliphatic heterocycles. The van der Waals surface area contributed by atoms with Gasteiger partial charge in [-0.1, -0.05) is 18.2 Å². The van der Waals surface area contributed by atoms with E-state index in [1.165, 1.54) is 19.1 Å². The highest BCUT2D eigenvalue weighted by atomic mass is 14.7. The Hall–Kier alpha value is -4.18. The molecule has 0 aromatic carbocycles. The SMILES string of the molecule is [C-]#[N+]/C(C#N)=C(C)/C(C#N)=C/C=CC=C/C(C#N)=C(\C)C(C#N)C=N. The molecule has 120 valence electrons. The molecule has 25 heavy (non-hydrogen) atoms. The first kappa shape index (κ1) is 20.8. The molecular weight excluding hydrogens is 312 g/mol. The van der Waals surface area contributed by atoms with Crippen molar-refractivity contribution in [3.8, 4) is 24.3 Å². The molecule has 0 aromatic heterocycles. The maximum absolute atomic E-state index is 9.12. The molecule has 0 aliphatic rings. The van der Waals surface area contributed by atoms with E-state index >= 15 is 0 Å². The first-order valence-corrected chi connectivity index (χ1v) is 6.95. The van der Waals surface area contributed by atoms with Crippen LogP contribution in [0.1, 0.15) is 13.8 Å². The van der Waals surface area contributed by atoms with Crippen LogP contribution in [0.2, 0.25) is 0 Å². The summed E-state index contributed by atoms with van der Waals surface area (Å²) in [6.45, 7) is 10.0. The fraction of sp³-hybridized carbons (Fsp3) is 0.158. The zero-order valence-electron chi connectivity index (χ0n) is 13.8. The van der Waals surface area contributed by atoms with Crippen LogP contribution in [0, 0.1) is 63.2 Å². The van der Waals surface area contributed by atoms with Gasteiger partial charge in [-0.15, -0.1) is 0 Å². The Morgan fingerprint density at radius 1 is 1.04 bits per heavy atom. The second kappa shape index (κ2) is 11.4. The minimum absolute atomic E-state index is 0.142. The number of rotatable bonds is 6. The standard InChI is InChI=1S/C19H14N6/c1-14(18(11-22)12-23)16(9-20)7-5-4-6-8-17(10-21)15(2)19(13-24)25-3/h4-8,11,18,22H,1-2H3/b6-4?,7-5?,16-14-,17-8+,19-15+,22-11?. The fourth-order valence-corrected chi connectivity index (χ4v) is 1.62. The summed E-state index contributed by atoms with van der Waals surface area (Å²) >= 11 is 0. The zero-order valence-corrected chi connectivity index (χ0v) is 13.8. The summed E-state index contributed by atoms with van der Waals surface area (Å²) in [5.74, 6) is -0.751. The highest BCUT2D eigenvalue weighted by molar-refractivity contribution is 5.67. The maximum Gasteiger partial charge on any atom is 0.266 e. The van der Waals surface area contributed by atoms with E-state index < -0.39 is 5.92 Å². The molecule has 0 heterocycles. The Labute approximate surface area is 147 Å². The van der Waals surface area contributed by atoms with Crippen LogP contribution < -0.4 is 0 Å². The Morgan fingerprint density at radius 2 is 1.72 bits per heavy atom. The van der Waals surface area contributed by atoms with Crippen LogP contribution in [-0.2, 0) is 0 Å². The van der Waals surface area contributed by atoms with Crippen LogP contribution >= 0.6 is 0 Å². The first-order chi connectivity index (χ1) is 12.0. The van der Waals surface area contributed by atoms with E-state index in [1.807, 2.05) is 18.2 Å². The largest absolute Gasteiger partial charge is 0.311 e. The number of nitrogens with one attached hydrogen (secondary N) is 1. The summed E-state index contributed by atoms with van der Waals surface area (Å²) in [5, 5.41) is 43.1. The van der Waals surface area contributed by atoms with Gasteiger partial charge in [-0.25, -0.2) is 10.1 Å². The molecule has 1 unspecified atom stereocenters. The van der Waals surface area contributed by atoms with E-state index in [1.54, 1.807) is 31.2 Å². The molecule has 0 radical (unpaired) electrons. The van der Waals surface area contributed by atoms with Crippen LogP contribution in [0.4, 0.5) is 0 Å². The third-order valence-corrected chi connectivity index (χ3v) is 3.16. The predicted octanol–water partition coefficient (Wildman–Crippen LogP) is 3.90. The molecule has 0 rings (SSSR count). The zero-order chi connectivity index (χ0) is 19.2. The van der Waals surface area contributed by atoms with Gasteiger partial charge in [-0.2, -0.15) is 15.8 Å². The molecule has 6 nitrogen and oxygen atoms in total. The summed E-state index contributed by atoms with van der Waals surface area (Å²) in [4.78, 5) is 3.06. The lowest BCUT2D eigenvalue weighted by Gasteiger charge is -2.03. The van der Waals surface area contributed by atoms with E-state index in [4.69, 9.17) is 33.0 Å². The average Bonchev–Trinajstić information content (AvgIpc) is 2.63. The van der Waals surface area contributed by atoms with Gasteiger partial charge in [0.25, 0.3) is 5.70 Å². The Balaban J connectivity index is 5.49. The fourth-order valence-electron chi connectivity index (χ4n) is 1.62. The van der Waals surface area contributed by atoms with E-state index in [-0.39, 0.29) is 16.8 Å². The van der Waals surface area contributed by atoms with Crippen LogP contribution in [0.15, 0.2) is 58.4 Å². The number of allylic oxidation sites excluding steroid dienone is 10. The van der Waals surface area contributed by atoms with E-state index in [0.29, 0.717) is 11.1 Å². The minimum atomic E-state index is -0.751. The molecule has 0 saturated carbocycles. The molecule has 0 saturated heterocycles. The van der Waals surface area contributed by atoms with Crippen molar-refractivity contribution in [1.29, 1.82) is 26.5 Å². The molecule has 0 aliphatic carbocycles. The summed E-state index contributed by atoms with van der Waals surface area (Å²) < 4.78 is 0. The van der Waals surface area contributed by atoms with Crippen molar-refractivity contribution in [1.82, 2.24) is 0 Å². The Morgan fingerprint density at radius 3 is 2.16 bits per heavy atom. The Bertz CT molecular complexity index is 874. The third kappa shape index (κ3) is 6.22. The topological polar surface area (TPSA) is 123 Å². The maximum atomic E-state index is 9.12. The summed E-state index contributed by atoms with van der Waals surface area (Å²) in [6, 6.07) is 7.54. The first-order valence-electron chi connectivity index (χ1n) is 6.95.